The molecular formula is C9H10ClNO. The number of hydrogen-bond acceptors (Lipinski definition) is 2. The minimum Gasteiger partial charge on any atom is -0.411 e. The van der Waals surface area contributed by atoms with Crippen LogP contribution in [0.4, 0.5) is 0 Å². The summed E-state index contributed by atoms with van der Waals surface area (Å²) in [5, 5.41) is 12.3. The molecule has 0 atom stereocenters. The highest BCUT2D eigenvalue weighted by atomic mass is 35.5. The summed E-state index contributed by atoms with van der Waals surface area (Å²) in [5.74, 6) is 0. The first-order valence-corrected chi connectivity index (χ1v) is 3.98. The normalized spacial score (nSPS) is 11.8. The molecule has 0 aromatic heterocycles. The largest absolute Gasteiger partial charge is 0.411 e. The molecule has 12 heavy (non-hydrogen) atoms. The molecule has 3 heteroatoms. The molecule has 64 valence electrons. The second-order valence-electron chi connectivity index (χ2n) is 2.65. The number of aryl methyl sites for hydroxylation is 1. The lowest BCUT2D eigenvalue weighted by Gasteiger charge is -2.01. The van der Waals surface area contributed by atoms with Gasteiger partial charge in [0, 0.05) is 10.6 Å². The molecule has 0 radical (unpaired) electrons. The van der Waals surface area contributed by atoms with Crippen LogP contribution in [0.2, 0.25) is 5.02 Å². The maximum atomic E-state index is 8.49. The van der Waals surface area contributed by atoms with Gasteiger partial charge in [-0.05, 0) is 25.5 Å². The lowest BCUT2D eigenvalue weighted by Crippen LogP contribution is -1.94. The minimum absolute atomic E-state index is 0.567. The average Bonchev–Trinajstić information content (AvgIpc) is 2.08. The second kappa shape index (κ2) is 3.59. The van der Waals surface area contributed by atoms with Gasteiger partial charge in [0.2, 0.25) is 0 Å². The summed E-state index contributed by atoms with van der Waals surface area (Å²) >= 11 is 5.88. The number of halogens is 1. The maximum absolute atomic E-state index is 8.49. The van der Waals surface area contributed by atoms with Crippen molar-refractivity contribution in [3.8, 4) is 0 Å². The Morgan fingerprint density at radius 3 is 2.67 bits per heavy atom. The Labute approximate surface area is 76.5 Å². The van der Waals surface area contributed by atoms with Crippen LogP contribution in [0.3, 0.4) is 0 Å². The van der Waals surface area contributed by atoms with Crippen molar-refractivity contribution in [3.63, 3.8) is 0 Å². The van der Waals surface area contributed by atoms with E-state index in [1.807, 2.05) is 19.1 Å². The molecule has 0 saturated heterocycles. The highest BCUT2D eigenvalue weighted by Crippen LogP contribution is 2.16. The van der Waals surface area contributed by atoms with Crippen molar-refractivity contribution in [1.82, 2.24) is 0 Å². The molecule has 1 aromatic rings. The molecule has 0 spiro atoms. The van der Waals surface area contributed by atoms with Crippen molar-refractivity contribution < 1.29 is 5.21 Å². The zero-order valence-corrected chi connectivity index (χ0v) is 7.76. The van der Waals surface area contributed by atoms with Gasteiger partial charge in [-0.3, -0.25) is 0 Å². The zero-order valence-electron chi connectivity index (χ0n) is 7.00. The quantitative estimate of drug-likeness (QED) is 0.405. The van der Waals surface area contributed by atoms with E-state index in [0.29, 0.717) is 10.7 Å². The van der Waals surface area contributed by atoms with Gasteiger partial charge in [-0.2, -0.15) is 0 Å². The van der Waals surface area contributed by atoms with E-state index < -0.39 is 0 Å². The first kappa shape index (κ1) is 9.07. The topological polar surface area (TPSA) is 32.6 Å². The molecule has 1 aromatic carbocycles. The van der Waals surface area contributed by atoms with Crippen molar-refractivity contribution in [1.29, 1.82) is 0 Å². The smallest absolute Gasteiger partial charge is 0.0837 e. The molecule has 0 fully saturated rings. The Morgan fingerprint density at radius 2 is 2.17 bits per heavy atom. The highest BCUT2D eigenvalue weighted by Gasteiger charge is 2.00. The maximum Gasteiger partial charge on any atom is 0.0837 e. The van der Waals surface area contributed by atoms with Crippen molar-refractivity contribution in [2.45, 2.75) is 13.8 Å². The lowest BCUT2D eigenvalue weighted by atomic mass is 10.1. The summed E-state index contributed by atoms with van der Waals surface area (Å²) in [6.07, 6.45) is 0. The van der Waals surface area contributed by atoms with Crippen LogP contribution in [0.1, 0.15) is 18.1 Å². The van der Waals surface area contributed by atoms with E-state index in [4.69, 9.17) is 16.8 Å². The molecule has 0 bridgehead atoms. The number of rotatable bonds is 1. The lowest BCUT2D eigenvalue weighted by molar-refractivity contribution is 0.319. The van der Waals surface area contributed by atoms with Crippen LogP contribution < -0.4 is 0 Å². The van der Waals surface area contributed by atoms with Crippen LogP contribution in [0.15, 0.2) is 23.4 Å². The van der Waals surface area contributed by atoms with Gasteiger partial charge in [-0.25, -0.2) is 0 Å². The van der Waals surface area contributed by atoms with Crippen molar-refractivity contribution in [2.24, 2.45) is 5.16 Å². The average molecular weight is 184 g/mol. The molecule has 0 saturated carbocycles. The predicted octanol–water partition coefficient (Wildman–Crippen LogP) is 2.85. The molecule has 0 aliphatic rings. The van der Waals surface area contributed by atoms with Crippen molar-refractivity contribution in [3.05, 3.63) is 34.3 Å². The fraction of sp³-hybridized carbons (Fsp3) is 0.222. The summed E-state index contributed by atoms with van der Waals surface area (Å²) in [5.41, 5.74) is 2.43. The fourth-order valence-electron chi connectivity index (χ4n) is 0.876. The molecule has 2 nitrogen and oxygen atoms in total. The SMILES string of the molecule is C/C(=N\O)c1ccc(C)c(Cl)c1. The summed E-state index contributed by atoms with van der Waals surface area (Å²) in [7, 11) is 0. The van der Waals surface area contributed by atoms with Gasteiger partial charge in [-0.1, -0.05) is 28.9 Å². The van der Waals surface area contributed by atoms with Gasteiger partial charge in [0.25, 0.3) is 0 Å². The Kier molecular flexibility index (Phi) is 2.71. The molecule has 1 rings (SSSR count). The Bertz CT molecular complexity index is 320. The van der Waals surface area contributed by atoms with Crippen LogP contribution in [-0.2, 0) is 0 Å². The van der Waals surface area contributed by atoms with Crippen LogP contribution in [0.5, 0.6) is 0 Å². The first-order valence-electron chi connectivity index (χ1n) is 3.60. The van der Waals surface area contributed by atoms with Gasteiger partial charge >= 0.3 is 0 Å². The van der Waals surface area contributed by atoms with E-state index in [1.165, 1.54) is 0 Å². The fourth-order valence-corrected chi connectivity index (χ4v) is 1.06. The third-order valence-corrected chi connectivity index (χ3v) is 2.15. The van der Waals surface area contributed by atoms with Gasteiger partial charge in [0.05, 0.1) is 5.71 Å². The molecule has 0 heterocycles. The summed E-state index contributed by atoms with van der Waals surface area (Å²) in [6.45, 7) is 3.65. The molecule has 0 aliphatic carbocycles. The third kappa shape index (κ3) is 1.77. The molecule has 0 aliphatic heterocycles. The van der Waals surface area contributed by atoms with Crippen LogP contribution in [0, 0.1) is 6.92 Å². The van der Waals surface area contributed by atoms with E-state index in [9.17, 15) is 0 Å². The Hall–Kier alpha value is -1.02. The molecular weight excluding hydrogens is 174 g/mol. The summed E-state index contributed by atoms with van der Waals surface area (Å²) in [4.78, 5) is 0. The van der Waals surface area contributed by atoms with Crippen molar-refractivity contribution >= 4 is 17.3 Å². The van der Waals surface area contributed by atoms with E-state index in [2.05, 4.69) is 5.16 Å². The monoisotopic (exact) mass is 183 g/mol. The minimum atomic E-state index is 0.567. The number of nitrogens with zero attached hydrogens (tertiary/aromatic N) is 1. The van der Waals surface area contributed by atoms with Gasteiger partial charge in [-0.15, -0.1) is 0 Å². The van der Waals surface area contributed by atoms with E-state index in [-0.39, 0.29) is 0 Å². The Balaban J connectivity index is 3.13. The van der Waals surface area contributed by atoms with Crippen LogP contribution >= 0.6 is 11.6 Å². The standard InChI is InChI=1S/C9H10ClNO/c1-6-3-4-8(5-9(6)10)7(2)11-12/h3-5,12H,1-2H3/b11-7+. The Morgan fingerprint density at radius 1 is 1.50 bits per heavy atom. The van der Waals surface area contributed by atoms with Crippen molar-refractivity contribution in [2.75, 3.05) is 0 Å². The second-order valence-corrected chi connectivity index (χ2v) is 3.06. The summed E-state index contributed by atoms with van der Waals surface area (Å²) in [6, 6.07) is 5.55. The van der Waals surface area contributed by atoms with Gasteiger partial charge in [0.15, 0.2) is 0 Å². The van der Waals surface area contributed by atoms with Gasteiger partial charge < -0.3 is 5.21 Å². The zero-order chi connectivity index (χ0) is 9.14. The van der Waals surface area contributed by atoms with E-state index in [0.717, 1.165) is 11.1 Å². The van der Waals surface area contributed by atoms with Crippen LogP contribution in [-0.4, -0.2) is 10.9 Å². The number of oxime groups is 1. The molecule has 0 unspecified atom stereocenters. The predicted molar refractivity (Wildman–Crippen MR) is 50.2 cm³/mol. The first-order chi connectivity index (χ1) is 5.65. The van der Waals surface area contributed by atoms with Gasteiger partial charge in [0.1, 0.15) is 0 Å². The summed E-state index contributed by atoms with van der Waals surface area (Å²) < 4.78 is 0. The van der Waals surface area contributed by atoms with Crippen LogP contribution in [0.25, 0.3) is 0 Å². The van der Waals surface area contributed by atoms with E-state index in [1.54, 1.807) is 13.0 Å². The third-order valence-electron chi connectivity index (χ3n) is 1.74. The number of benzene rings is 1. The highest BCUT2D eigenvalue weighted by molar-refractivity contribution is 6.31. The molecule has 1 N–H and O–H groups in total. The van der Waals surface area contributed by atoms with E-state index >= 15 is 0 Å². The molecule has 0 amide bonds. The number of hydrogen-bond donors (Lipinski definition) is 1.